The number of nitrogens with one attached hydrogen (secondary N) is 1. The van der Waals surface area contributed by atoms with Crippen molar-refractivity contribution in [3.8, 4) is 0 Å². The number of halogens is 4. The molecular weight excluding hydrogens is 348 g/mol. The zero-order valence-corrected chi connectivity index (χ0v) is 14.7. The Labute approximate surface area is 145 Å². The van der Waals surface area contributed by atoms with E-state index in [1.807, 2.05) is 24.3 Å². The van der Waals surface area contributed by atoms with Gasteiger partial charge >= 0.3 is 0 Å². The topological polar surface area (TPSA) is 12.0 Å². The molecule has 0 radical (unpaired) electrons. The highest BCUT2D eigenvalue weighted by Gasteiger charge is 2.14. The summed E-state index contributed by atoms with van der Waals surface area (Å²) < 4.78 is 0. The maximum Gasteiger partial charge on any atom is 0.0595 e. The van der Waals surface area contributed by atoms with Crippen molar-refractivity contribution in [2.75, 3.05) is 0 Å². The minimum atomic E-state index is 0.0826. The Morgan fingerprint density at radius 2 is 1.48 bits per heavy atom. The largest absolute Gasteiger partial charge is 0.304 e. The highest BCUT2D eigenvalue weighted by Crippen LogP contribution is 2.29. The molecule has 0 saturated carbocycles. The number of hydrogen-bond acceptors (Lipinski definition) is 1. The standard InChI is InChI=1S/C16H15Cl4N/c1-9(11-3-6-14(18)16(20)7-11)21-10(2)13-5-4-12(17)8-15(13)19/h3-10,21H,1-2H3. The van der Waals surface area contributed by atoms with Crippen molar-refractivity contribution in [3.05, 3.63) is 67.6 Å². The second kappa shape index (κ2) is 7.21. The van der Waals surface area contributed by atoms with Crippen LogP contribution in [0.1, 0.15) is 37.1 Å². The van der Waals surface area contributed by atoms with Crippen LogP contribution in [0.3, 0.4) is 0 Å². The fourth-order valence-electron chi connectivity index (χ4n) is 2.20. The molecule has 0 bridgehead atoms. The van der Waals surface area contributed by atoms with Gasteiger partial charge < -0.3 is 5.32 Å². The lowest BCUT2D eigenvalue weighted by atomic mass is 10.0. The van der Waals surface area contributed by atoms with Gasteiger partial charge in [0.15, 0.2) is 0 Å². The molecule has 5 heteroatoms. The molecule has 0 aliphatic heterocycles. The number of hydrogen-bond donors (Lipinski definition) is 1. The molecular formula is C16H15Cl4N. The Hall–Kier alpha value is -0.440. The van der Waals surface area contributed by atoms with Crippen LogP contribution < -0.4 is 5.32 Å². The van der Waals surface area contributed by atoms with Gasteiger partial charge in [-0.15, -0.1) is 0 Å². The van der Waals surface area contributed by atoms with Crippen molar-refractivity contribution in [1.82, 2.24) is 5.32 Å². The van der Waals surface area contributed by atoms with Gasteiger partial charge in [-0.25, -0.2) is 0 Å². The molecule has 0 aliphatic carbocycles. The highest BCUT2D eigenvalue weighted by molar-refractivity contribution is 6.42. The summed E-state index contributed by atoms with van der Waals surface area (Å²) in [4.78, 5) is 0. The molecule has 2 aromatic rings. The van der Waals surface area contributed by atoms with Crippen molar-refractivity contribution < 1.29 is 0 Å². The first-order valence-electron chi connectivity index (χ1n) is 6.54. The lowest BCUT2D eigenvalue weighted by Gasteiger charge is -2.22. The summed E-state index contributed by atoms with van der Waals surface area (Å²) in [5.74, 6) is 0. The fraction of sp³-hybridized carbons (Fsp3) is 0.250. The van der Waals surface area contributed by atoms with Gasteiger partial charge in [-0.1, -0.05) is 58.5 Å². The summed E-state index contributed by atoms with van der Waals surface area (Å²) in [5, 5.41) is 5.89. The van der Waals surface area contributed by atoms with Crippen molar-refractivity contribution >= 4 is 46.4 Å². The third kappa shape index (κ3) is 4.28. The average molecular weight is 363 g/mol. The summed E-state index contributed by atoms with van der Waals surface area (Å²) in [5.41, 5.74) is 2.08. The van der Waals surface area contributed by atoms with Gasteiger partial charge in [-0.2, -0.15) is 0 Å². The summed E-state index contributed by atoms with van der Waals surface area (Å²) in [6.45, 7) is 4.13. The zero-order valence-electron chi connectivity index (χ0n) is 11.6. The van der Waals surface area contributed by atoms with Gasteiger partial charge in [0.2, 0.25) is 0 Å². The Bertz CT molecular complexity index is 642. The summed E-state index contributed by atoms with van der Waals surface area (Å²) in [6, 6.07) is 11.4. The molecule has 0 amide bonds. The van der Waals surface area contributed by atoms with Crippen molar-refractivity contribution in [3.63, 3.8) is 0 Å². The molecule has 2 atom stereocenters. The van der Waals surface area contributed by atoms with Gasteiger partial charge in [-0.05, 0) is 49.2 Å². The Kier molecular flexibility index (Phi) is 5.81. The molecule has 0 fully saturated rings. The van der Waals surface area contributed by atoms with E-state index in [0.29, 0.717) is 20.1 Å². The molecule has 1 nitrogen and oxygen atoms in total. The number of benzene rings is 2. The predicted octanol–water partition coefficient (Wildman–Crippen LogP) is 6.71. The maximum absolute atomic E-state index is 6.24. The molecule has 0 spiro atoms. The quantitative estimate of drug-likeness (QED) is 0.636. The monoisotopic (exact) mass is 361 g/mol. The molecule has 112 valence electrons. The van der Waals surface area contributed by atoms with E-state index in [1.54, 1.807) is 12.1 Å². The first-order valence-corrected chi connectivity index (χ1v) is 8.05. The Morgan fingerprint density at radius 1 is 0.762 bits per heavy atom. The first-order chi connectivity index (χ1) is 9.88. The van der Waals surface area contributed by atoms with E-state index in [4.69, 9.17) is 46.4 Å². The van der Waals surface area contributed by atoms with Crippen LogP contribution in [0.15, 0.2) is 36.4 Å². The molecule has 0 saturated heterocycles. The average Bonchev–Trinajstić information content (AvgIpc) is 2.41. The van der Waals surface area contributed by atoms with E-state index < -0.39 is 0 Å². The molecule has 2 unspecified atom stereocenters. The van der Waals surface area contributed by atoms with E-state index in [9.17, 15) is 0 Å². The molecule has 21 heavy (non-hydrogen) atoms. The lowest BCUT2D eigenvalue weighted by Crippen LogP contribution is -2.22. The van der Waals surface area contributed by atoms with Crippen LogP contribution in [0, 0.1) is 0 Å². The van der Waals surface area contributed by atoms with Crippen LogP contribution in [-0.2, 0) is 0 Å². The van der Waals surface area contributed by atoms with Crippen molar-refractivity contribution in [1.29, 1.82) is 0 Å². The molecule has 0 aromatic heterocycles. The van der Waals surface area contributed by atoms with E-state index in [2.05, 4.69) is 19.2 Å². The maximum atomic E-state index is 6.24. The minimum Gasteiger partial charge on any atom is -0.304 e. The van der Waals surface area contributed by atoms with Gasteiger partial charge in [0.1, 0.15) is 0 Å². The molecule has 0 aliphatic rings. The van der Waals surface area contributed by atoms with E-state index >= 15 is 0 Å². The molecule has 1 N–H and O–H groups in total. The van der Waals surface area contributed by atoms with Crippen LogP contribution in [0.4, 0.5) is 0 Å². The second-order valence-electron chi connectivity index (χ2n) is 4.95. The molecule has 2 rings (SSSR count). The normalized spacial score (nSPS) is 14.0. The highest BCUT2D eigenvalue weighted by atomic mass is 35.5. The summed E-state index contributed by atoms with van der Waals surface area (Å²) in [6.07, 6.45) is 0. The predicted molar refractivity (Wildman–Crippen MR) is 92.9 cm³/mol. The zero-order chi connectivity index (χ0) is 15.6. The fourth-order valence-corrected chi connectivity index (χ4v) is 3.07. The van der Waals surface area contributed by atoms with Crippen LogP contribution in [0.25, 0.3) is 0 Å². The molecule has 2 aromatic carbocycles. The van der Waals surface area contributed by atoms with Crippen molar-refractivity contribution in [2.24, 2.45) is 0 Å². The van der Waals surface area contributed by atoms with Crippen LogP contribution in [-0.4, -0.2) is 0 Å². The van der Waals surface area contributed by atoms with Gasteiger partial charge in [-0.3, -0.25) is 0 Å². The second-order valence-corrected chi connectivity index (χ2v) is 6.61. The Morgan fingerprint density at radius 3 is 2.10 bits per heavy atom. The van der Waals surface area contributed by atoms with Crippen LogP contribution >= 0.6 is 46.4 Å². The van der Waals surface area contributed by atoms with Crippen molar-refractivity contribution in [2.45, 2.75) is 25.9 Å². The Balaban J connectivity index is 2.14. The van der Waals surface area contributed by atoms with Crippen LogP contribution in [0.2, 0.25) is 20.1 Å². The minimum absolute atomic E-state index is 0.0826. The van der Waals surface area contributed by atoms with Gasteiger partial charge in [0.25, 0.3) is 0 Å². The van der Waals surface area contributed by atoms with Gasteiger partial charge in [0.05, 0.1) is 10.0 Å². The first kappa shape index (κ1) is 16.9. The summed E-state index contributed by atoms with van der Waals surface area (Å²) >= 11 is 24.2. The smallest absolute Gasteiger partial charge is 0.0595 e. The number of rotatable bonds is 4. The third-order valence-electron chi connectivity index (χ3n) is 3.37. The molecule has 0 heterocycles. The SMILES string of the molecule is CC(NC(C)c1ccc(Cl)cc1Cl)c1ccc(Cl)c(Cl)c1. The van der Waals surface area contributed by atoms with Gasteiger partial charge in [0, 0.05) is 22.1 Å². The van der Waals surface area contributed by atoms with Crippen LogP contribution in [0.5, 0.6) is 0 Å². The summed E-state index contributed by atoms with van der Waals surface area (Å²) in [7, 11) is 0. The van der Waals surface area contributed by atoms with E-state index in [1.165, 1.54) is 0 Å². The lowest BCUT2D eigenvalue weighted by molar-refractivity contribution is 0.495. The third-order valence-corrected chi connectivity index (χ3v) is 4.67. The van der Waals surface area contributed by atoms with E-state index in [-0.39, 0.29) is 12.1 Å². The van der Waals surface area contributed by atoms with E-state index in [0.717, 1.165) is 11.1 Å².